The van der Waals surface area contributed by atoms with E-state index in [0.29, 0.717) is 5.69 Å². The summed E-state index contributed by atoms with van der Waals surface area (Å²) in [5, 5.41) is 6.50. The Hall–Kier alpha value is -3.41. The van der Waals surface area contributed by atoms with Crippen molar-refractivity contribution in [1.29, 1.82) is 0 Å². The summed E-state index contributed by atoms with van der Waals surface area (Å²) in [5.74, 6) is -0.882. The zero-order valence-electron chi connectivity index (χ0n) is 15.8. The summed E-state index contributed by atoms with van der Waals surface area (Å²) in [6.07, 6.45) is 0.860. The lowest BCUT2D eigenvalue weighted by atomic mass is 10.1. The molecule has 1 fully saturated rings. The van der Waals surface area contributed by atoms with Gasteiger partial charge in [-0.3, -0.25) is 14.9 Å². The second-order valence-electron chi connectivity index (χ2n) is 7.08. The number of anilines is 1. The first-order valence-corrected chi connectivity index (χ1v) is 9.20. The molecule has 0 spiro atoms. The molecule has 1 heterocycles. The van der Waals surface area contributed by atoms with Gasteiger partial charge >= 0.3 is 11.8 Å². The molecular weight excluding hydrogens is 354 g/mol. The van der Waals surface area contributed by atoms with Gasteiger partial charge in [0.2, 0.25) is 5.88 Å². The predicted octanol–water partition coefficient (Wildman–Crippen LogP) is 3.60. The topological polar surface area (TPSA) is 75.4 Å². The van der Waals surface area contributed by atoms with Crippen molar-refractivity contribution < 1.29 is 14.1 Å². The van der Waals surface area contributed by atoms with E-state index in [1.165, 1.54) is 10.5 Å². The van der Waals surface area contributed by atoms with Crippen molar-refractivity contribution in [2.24, 2.45) is 0 Å². The number of amides is 2. The molecule has 1 saturated carbocycles. The van der Waals surface area contributed by atoms with Crippen LogP contribution in [0.15, 0.2) is 65.2 Å². The van der Waals surface area contributed by atoms with E-state index in [2.05, 4.69) is 10.5 Å². The van der Waals surface area contributed by atoms with E-state index in [1.54, 1.807) is 13.1 Å². The highest BCUT2D eigenvalue weighted by Crippen LogP contribution is 2.44. The van der Waals surface area contributed by atoms with Gasteiger partial charge in [-0.15, -0.1) is 0 Å². The third-order valence-electron chi connectivity index (χ3n) is 5.16. The van der Waals surface area contributed by atoms with Gasteiger partial charge < -0.3 is 9.42 Å². The highest BCUT2D eigenvalue weighted by molar-refractivity contribution is 6.39. The fourth-order valence-corrected chi connectivity index (χ4v) is 3.47. The number of hydrogen-bond donors (Lipinski definition) is 1. The van der Waals surface area contributed by atoms with Crippen LogP contribution in [0.4, 0.5) is 5.88 Å². The van der Waals surface area contributed by atoms with Crippen LogP contribution in [0.3, 0.4) is 0 Å². The Morgan fingerprint density at radius 2 is 1.82 bits per heavy atom. The van der Waals surface area contributed by atoms with E-state index in [4.69, 9.17) is 4.52 Å². The molecule has 4 rings (SSSR count). The van der Waals surface area contributed by atoms with Crippen LogP contribution in [0.5, 0.6) is 0 Å². The molecule has 0 saturated heterocycles. The zero-order valence-corrected chi connectivity index (χ0v) is 15.8. The molecule has 142 valence electrons. The van der Waals surface area contributed by atoms with Gasteiger partial charge in [0.15, 0.2) is 0 Å². The Labute approximate surface area is 163 Å². The zero-order chi connectivity index (χ0) is 19.7. The van der Waals surface area contributed by atoms with E-state index >= 15 is 0 Å². The van der Waals surface area contributed by atoms with Crippen LogP contribution < -0.4 is 5.32 Å². The molecule has 28 heavy (non-hydrogen) atoms. The van der Waals surface area contributed by atoms with Crippen molar-refractivity contribution in [2.45, 2.75) is 25.3 Å². The maximum absolute atomic E-state index is 12.5. The van der Waals surface area contributed by atoms with Gasteiger partial charge in [0, 0.05) is 30.6 Å². The molecule has 6 heteroatoms. The molecule has 6 nitrogen and oxygen atoms in total. The largest absolute Gasteiger partial charge is 0.338 e. The molecule has 2 atom stereocenters. The normalized spacial score (nSPS) is 17.8. The van der Waals surface area contributed by atoms with Crippen molar-refractivity contribution in [2.75, 3.05) is 12.4 Å². The summed E-state index contributed by atoms with van der Waals surface area (Å²) >= 11 is 0. The van der Waals surface area contributed by atoms with E-state index in [-0.39, 0.29) is 17.8 Å². The number of aromatic nitrogens is 1. The number of likely N-dealkylation sites (N-methyl/N-ethyl adjacent to an activating group) is 1. The second-order valence-corrected chi connectivity index (χ2v) is 7.08. The number of aryl methyl sites for hydroxylation is 1. The molecule has 2 unspecified atom stereocenters. The standard InChI is InChI=1S/C22H21N3O3/c1-14-8-6-7-11-16(14)18-13-20(28-24-18)23-21(26)22(27)25(2)19-12-17(19)15-9-4-3-5-10-15/h3-11,13,17,19H,12H2,1-2H3,(H,23,26). The molecule has 2 amide bonds. The first kappa shape index (κ1) is 18.0. The van der Waals surface area contributed by atoms with Gasteiger partial charge in [-0.05, 0) is 24.5 Å². The SMILES string of the molecule is Cc1ccccc1-c1cc(NC(=O)C(=O)N(C)C2CC2c2ccccc2)on1. The monoisotopic (exact) mass is 375 g/mol. The average molecular weight is 375 g/mol. The van der Waals surface area contributed by atoms with Crippen molar-refractivity contribution in [3.63, 3.8) is 0 Å². The van der Waals surface area contributed by atoms with Crippen molar-refractivity contribution in [3.05, 3.63) is 71.8 Å². The van der Waals surface area contributed by atoms with Crippen LogP contribution in [0.25, 0.3) is 11.3 Å². The van der Waals surface area contributed by atoms with Crippen molar-refractivity contribution in [3.8, 4) is 11.3 Å². The lowest BCUT2D eigenvalue weighted by Gasteiger charge is -2.16. The number of benzene rings is 2. The molecule has 1 aliphatic rings. The van der Waals surface area contributed by atoms with E-state index in [9.17, 15) is 9.59 Å². The molecule has 1 aliphatic carbocycles. The highest BCUT2D eigenvalue weighted by atomic mass is 16.5. The van der Waals surface area contributed by atoms with Gasteiger partial charge in [-0.25, -0.2) is 0 Å². The van der Waals surface area contributed by atoms with Gasteiger partial charge in [0.1, 0.15) is 5.69 Å². The minimum atomic E-state index is -0.728. The molecule has 3 aromatic rings. The van der Waals surface area contributed by atoms with E-state index < -0.39 is 11.8 Å². The molecular formula is C22H21N3O3. The summed E-state index contributed by atoms with van der Waals surface area (Å²) in [6, 6.07) is 19.4. The summed E-state index contributed by atoms with van der Waals surface area (Å²) < 4.78 is 5.19. The number of nitrogens with zero attached hydrogens (tertiary/aromatic N) is 2. The Morgan fingerprint density at radius 1 is 1.11 bits per heavy atom. The average Bonchev–Trinajstić information content (AvgIpc) is 3.39. The predicted molar refractivity (Wildman–Crippen MR) is 106 cm³/mol. The fraction of sp³-hybridized carbons (Fsp3) is 0.227. The van der Waals surface area contributed by atoms with Crippen LogP contribution in [-0.4, -0.2) is 35.0 Å². The number of carbonyl (C=O) groups is 2. The highest BCUT2D eigenvalue weighted by Gasteiger charge is 2.44. The molecule has 1 N–H and O–H groups in total. The number of hydrogen-bond acceptors (Lipinski definition) is 4. The van der Waals surface area contributed by atoms with Crippen LogP contribution in [0.2, 0.25) is 0 Å². The van der Waals surface area contributed by atoms with Gasteiger partial charge in [0.05, 0.1) is 0 Å². The molecule has 0 bridgehead atoms. The van der Waals surface area contributed by atoms with Crippen LogP contribution >= 0.6 is 0 Å². The lowest BCUT2D eigenvalue weighted by molar-refractivity contribution is -0.142. The minimum Gasteiger partial charge on any atom is -0.338 e. The van der Waals surface area contributed by atoms with Gasteiger partial charge in [-0.2, -0.15) is 0 Å². The summed E-state index contributed by atoms with van der Waals surface area (Å²) in [5.41, 5.74) is 3.76. The quantitative estimate of drug-likeness (QED) is 0.707. The Kier molecular flexibility index (Phi) is 4.69. The summed E-state index contributed by atoms with van der Waals surface area (Å²) in [7, 11) is 1.66. The van der Waals surface area contributed by atoms with Crippen LogP contribution in [-0.2, 0) is 9.59 Å². The Morgan fingerprint density at radius 3 is 2.57 bits per heavy atom. The smallest absolute Gasteiger partial charge is 0.316 e. The van der Waals surface area contributed by atoms with Gasteiger partial charge in [-0.1, -0.05) is 59.8 Å². The maximum atomic E-state index is 12.5. The second kappa shape index (κ2) is 7.31. The number of rotatable bonds is 4. The molecule has 2 aromatic carbocycles. The van der Waals surface area contributed by atoms with E-state index in [1.807, 2.05) is 61.5 Å². The van der Waals surface area contributed by atoms with Gasteiger partial charge in [0.25, 0.3) is 0 Å². The van der Waals surface area contributed by atoms with Crippen LogP contribution in [0.1, 0.15) is 23.5 Å². The third kappa shape index (κ3) is 3.53. The Balaban J connectivity index is 1.39. The first-order chi connectivity index (χ1) is 13.5. The van der Waals surface area contributed by atoms with Crippen molar-refractivity contribution in [1.82, 2.24) is 10.1 Å². The lowest BCUT2D eigenvalue weighted by Crippen LogP contribution is -2.38. The maximum Gasteiger partial charge on any atom is 0.316 e. The molecule has 0 aliphatic heterocycles. The third-order valence-corrected chi connectivity index (χ3v) is 5.16. The van der Waals surface area contributed by atoms with E-state index in [0.717, 1.165) is 17.5 Å². The summed E-state index contributed by atoms with van der Waals surface area (Å²) in [4.78, 5) is 26.3. The number of carbonyl (C=O) groups excluding carboxylic acids is 2. The first-order valence-electron chi connectivity index (χ1n) is 9.20. The van der Waals surface area contributed by atoms with Crippen LogP contribution in [0, 0.1) is 6.92 Å². The molecule has 0 radical (unpaired) electrons. The Bertz CT molecular complexity index is 1010. The van der Waals surface area contributed by atoms with Crippen molar-refractivity contribution >= 4 is 17.7 Å². The number of nitrogens with one attached hydrogen (secondary N) is 1. The minimum absolute atomic E-state index is 0.0397. The summed E-state index contributed by atoms with van der Waals surface area (Å²) in [6.45, 7) is 1.97. The molecule has 1 aromatic heterocycles. The fourth-order valence-electron chi connectivity index (χ4n) is 3.47.